The Kier molecular flexibility index (Phi) is 3.65. The normalized spacial score (nSPS) is 42.1. The molecule has 0 spiro atoms. The molecule has 2 rings (SSSR count). The third-order valence-corrected chi connectivity index (χ3v) is 3.37. The monoisotopic (exact) mass is 299 g/mol. The van der Waals surface area contributed by atoms with Gasteiger partial charge in [0.1, 0.15) is 24.9 Å². The van der Waals surface area contributed by atoms with Crippen LogP contribution in [0.25, 0.3) is 0 Å². The molecule has 10 heteroatoms. The molecule has 2 heterocycles. The molecule has 0 aromatic rings. The minimum Gasteiger partial charge on any atom is -0.385 e. The maximum absolute atomic E-state index is 10.7. The lowest BCUT2D eigenvalue weighted by atomic mass is 9.98. The minimum absolute atomic E-state index is 0.0738. The fourth-order valence-electron chi connectivity index (χ4n) is 2.12. The Morgan fingerprint density at radius 2 is 2.05 bits per heavy atom. The molecule has 0 aromatic heterocycles. The molecular formula is C9H17NO8S. The van der Waals surface area contributed by atoms with Gasteiger partial charge in [-0.05, 0) is 13.8 Å². The molecule has 0 saturated carbocycles. The summed E-state index contributed by atoms with van der Waals surface area (Å²) in [5.41, 5.74) is 0. The maximum atomic E-state index is 10.7. The van der Waals surface area contributed by atoms with Crippen LogP contribution in [0.15, 0.2) is 0 Å². The van der Waals surface area contributed by atoms with Crippen molar-refractivity contribution >= 4 is 10.3 Å². The average molecular weight is 299 g/mol. The van der Waals surface area contributed by atoms with E-state index in [-0.39, 0.29) is 6.61 Å². The summed E-state index contributed by atoms with van der Waals surface area (Å²) < 4.78 is 41.6. The van der Waals surface area contributed by atoms with Crippen molar-refractivity contribution in [2.24, 2.45) is 5.14 Å². The van der Waals surface area contributed by atoms with Gasteiger partial charge in [-0.25, -0.2) is 5.14 Å². The SMILES string of the molecule is CC1(C)OC2CO[C@](O)(COS(N)(=O)=O)C(O)C2O1. The van der Waals surface area contributed by atoms with Crippen molar-refractivity contribution in [2.75, 3.05) is 13.2 Å². The topological polar surface area (TPSA) is 138 Å². The quantitative estimate of drug-likeness (QED) is 0.534. The predicted octanol–water partition coefficient (Wildman–Crippen LogP) is -2.19. The lowest BCUT2D eigenvalue weighted by molar-refractivity contribution is -0.315. The highest BCUT2D eigenvalue weighted by atomic mass is 32.2. The lowest BCUT2D eigenvalue weighted by Gasteiger charge is -2.40. The first-order valence-corrected chi connectivity index (χ1v) is 7.07. The largest absolute Gasteiger partial charge is 0.385 e. The van der Waals surface area contributed by atoms with Gasteiger partial charge >= 0.3 is 10.3 Å². The number of aliphatic hydroxyl groups is 2. The zero-order valence-electron chi connectivity index (χ0n) is 10.5. The van der Waals surface area contributed by atoms with Crippen LogP contribution in [0.3, 0.4) is 0 Å². The van der Waals surface area contributed by atoms with Gasteiger partial charge in [0.25, 0.3) is 0 Å². The Morgan fingerprint density at radius 3 is 2.63 bits per heavy atom. The van der Waals surface area contributed by atoms with Crippen LogP contribution in [-0.2, 0) is 28.7 Å². The molecular weight excluding hydrogens is 282 g/mol. The van der Waals surface area contributed by atoms with E-state index >= 15 is 0 Å². The van der Waals surface area contributed by atoms with Crippen LogP contribution in [0.1, 0.15) is 13.8 Å². The summed E-state index contributed by atoms with van der Waals surface area (Å²) in [5, 5.41) is 24.8. The standard InChI is InChI=1S/C9H17NO8S/c1-8(2)17-5-3-15-9(12,4-16-19(10,13)14)7(11)6(5)18-8/h5-7,11-12H,3-4H2,1-2H3,(H2,10,13,14)/t5?,6?,7?,9-/m1/s1. The molecule has 9 nitrogen and oxygen atoms in total. The summed E-state index contributed by atoms with van der Waals surface area (Å²) in [6.45, 7) is 2.39. The van der Waals surface area contributed by atoms with Crippen molar-refractivity contribution in [3.63, 3.8) is 0 Å². The first kappa shape index (κ1) is 15.1. The maximum Gasteiger partial charge on any atom is 0.333 e. The molecule has 0 amide bonds. The second-order valence-electron chi connectivity index (χ2n) is 4.99. The van der Waals surface area contributed by atoms with Gasteiger partial charge in [0.05, 0.1) is 6.61 Å². The first-order valence-electron chi connectivity index (χ1n) is 5.60. The van der Waals surface area contributed by atoms with Gasteiger partial charge in [0.2, 0.25) is 5.79 Å². The third-order valence-electron chi connectivity index (χ3n) is 2.92. The van der Waals surface area contributed by atoms with Gasteiger partial charge in [-0.3, -0.25) is 4.18 Å². The molecule has 2 aliphatic heterocycles. The van der Waals surface area contributed by atoms with Crippen molar-refractivity contribution in [2.45, 2.75) is 43.7 Å². The Bertz CT molecular complexity index is 451. The smallest absolute Gasteiger partial charge is 0.333 e. The Labute approximate surface area is 110 Å². The zero-order chi connectivity index (χ0) is 14.5. The molecule has 2 aliphatic rings. The van der Waals surface area contributed by atoms with Crippen LogP contribution in [-0.4, -0.2) is 61.7 Å². The van der Waals surface area contributed by atoms with Crippen LogP contribution in [0.5, 0.6) is 0 Å². The third kappa shape index (κ3) is 3.23. The average Bonchev–Trinajstić information content (AvgIpc) is 2.56. The molecule has 19 heavy (non-hydrogen) atoms. The second kappa shape index (κ2) is 4.60. The second-order valence-corrected chi connectivity index (χ2v) is 6.22. The number of rotatable bonds is 3. The van der Waals surface area contributed by atoms with E-state index in [2.05, 4.69) is 9.32 Å². The number of ether oxygens (including phenoxy) is 3. The molecule has 0 aliphatic carbocycles. The van der Waals surface area contributed by atoms with E-state index in [1.54, 1.807) is 13.8 Å². The molecule has 3 unspecified atom stereocenters. The molecule has 112 valence electrons. The highest BCUT2D eigenvalue weighted by Gasteiger charge is 2.56. The van der Waals surface area contributed by atoms with Gasteiger partial charge in [-0.1, -0.05) is 0 Å². The van der Waals surface area contributed by atoms with Crippen LogP contribution in [0.4, 0.5) is 0 Å². The van der Waals surface area contributed by atoms with Gasteiger partial charge in [-0.2, -0.15) is 8.42 Å². The Morgan fingerprint density at radius 1 is 1.42 bits per heavy atom. The number of nitrogens with two attached hydrogens (primary N) is 1. The van der Waals surface area contributed by atoms with Gasteiger partial charge in [0.15, 0.2) is 5.79 Å². The van der Waals surface area contributed by atoms with Crippen molar-refractivity contribution in [3.8, 4) is 0 Å². The van der Waals surface area contributed by atoms with Gasteiger partial charge in [0, 0.05) is 0 Å². The summed E-state index contributed by atoms with van der Waals surface area (Å²) in [7, 11) is -4.25. The summed E-state index contributed by atoms with van der Waals surface area (Å²) in [5.74, 6) is -3.15. The highest BCUT2D eigenvalue weighted by molar-refractivity contribution is 7.84. The molecule has 4 atom stereocenters. The highest BCUT2D eigenvalue weighted by Crippen LogP contribution is 2.37. The number of hydrogen-bond donors (Lipinski definition) is 3. The number of hydrogen-bond acceptors (Lipinski definition) is 8. The van der Waals surface area contributed by atoms with Crippen LogP contribution < -0.4 is 5.14 Å². The molecule has 2 fully saturated rings. The Hall–Kier alpha value is -0.330. The predicted molar refractivity (Wildman–Crippen MR) is 59.8 cm³/mol. The van der Waals surface area contributed by atoms with Gasteiger partial charge in [-0.15, -0.1) is 0 Å². The number of aliphatic hydroxyl groups excluding tert-OH is 1. The van der Waals surface area contributed by atoms with E-state index in [1.165, 1.54) is 0 Å². The summed E-state index contributed by atoms with van der Waals surface area (Å²) >= 11 is 0. The first-order chi connectivity index (χ1) is 8.53. The van der Waals surface area contributed by atoms with Crippen molar-refractivity contribution in [1.82, 2.24) is 0 Å². The molecule has 0 bridgehead atoms. The summed E-state index contributed by atoms with van der Waals surface area (Å²) in [6.07, 6.45) is -2.94. The molecule has 4 N–H and O–H groups in total. The van der Waals surface area contributed by atoms with Crippen LogP contribution >= 0.6 is 0 Å². The minimum atomic E-state index is -4.25. The van der Waals surface area contributed by atoms with Crippen LogP contribution in [0.2, 0.25) is 0 Å². The molecule has 0 radical (unpaired) electrons. The van der Waals surface area contributed by atoms with Crippen LogP contribution in [0, 0.1) is 0 Å². The van der Waals surface area contributed by atoms with E-state index < -0.39 is 46.8 Å². The van der Waals surface area contributed by atoms with E-state index in [0.717, 1.165) is 0 Å². The Balaban J connectivity index is 2.09. The van der Waals surface area contributed by atoms with E-state index in [4.69, 9.17) is 14.2 Å². The lowest BCUT2D eigenvalue weighted by Crippen LogP contribution is -2.62. The fourth-order valence-corrected chi connectivity index (χ4v) is 2.45. The van der Waals surface area contributed by atoms with E-state index in [0.29, 0.717) is 0 Å². The summed E-state index contributed by atoms with van der Waals surface area (Å²) in [4.78, 5) is 0. The molecule has 2 saturated heterocycles. The fraction of sp³-hybridized carbons (Fsp3) is 1.00. The van der Waals surface area contributed by atoms with Crippen molar-refractivity contribution in [1.29, 1.82) is 0 Å². The van der Waals surface area contributed by atoms with E-state index in [9.17, 15) is 18.6 Å². The zero-order valence-corrected chi connectivity index (χ0v) is 11.3. The van der Waals surface area contributed by atoms with Gasteiger partial charge < -0.3 is 24.4 Å². The molecule has 0 aromatic carbocycles. The van der Waals surface area contributed by atoms with E-state index in [1.807, 2.05) is 0 Å². The van der Waals surface area contributed by atoms with Crippen molar-refractivity contribution in [3.05, 3.63) is 0 Å². The number of fused-ring (bicyclic) bond motifs is 1. The van der Waals surface area contributed by atoms with Crippen molar-refractivity contribution < 1.29 is 37.0 Å². The summed E-state index contributed by atoms with van der Waals surface area (Å²) in [6, 6.07) is 0.